The summed E-state index contributed by atoms with van der Waals surface area (Å²) >= 11 is 0. The number of hydrogen-bond donors (Lipinski definition) is 0. The van der Waals surface area contributed by atoms with E-state index >= 15 is 0 Å². The van der Waals surface area contributed by atoms with Crippen molar-refractivity contribution >= 4 is 16.8 Å². The first-order valence-electron chi connectivity index (χ1n) is 13.7. The van der Waals surface area contributed by atoms with Crippen LogP contribution in [0.1, 0.15) is 65.2 Å². The first-order valence-corrected chi connectivity index (χ1v) is 15.2. The molecule has 4 nitrogen and oxygen atoms in total. The molecule has 1 heterocycles. The normalized spacial score (nSPS) is 51.8. The summed E-state index contributed by atoms with van der Waals surface area (Å²) in [6, 6.07) is 0. The molecule has 32 heavy (non-hydrogen) atoms. The lowest BCUT2D eigenvalue weighted by molar-refractivity contribution is -0.134. The molecule has 0 aromatic heterocycles. The van der Waals surface area contributed by atoms with Crippen molar-refractivity contribution in [2.24, 2.45) is 58.7 Å². The maximum absolute atomic E-state index is 13.7. The van der Waals surface area contributed by atoms with Crippen LogP contribution in [0.15, 0.2) is 0 Å². The molecule has 5 saturated carbocycles. The molecule has 11 unspecified atom stereocenters. The predicted molar refractivity (Wildman–Crippen MR) is 129 cm³/mol. The minimum atomic E-state index is -0.881. The maximum atomic E-state index is 13.7. The van der Waals surface area contributed by atoms with Gasteiger partial charge in [0.1, 0.15) is 0 Å². The van der Waals surface area contributed by atoms with E-state index in [1.165, 1.54) is 51.4 Å². The van der Waals surface area contributed by atoms with Gasteiger partial charge in [-0.05, 0) is 97.7 Å². The molecular formula is C27H44N2O2S. The van der Waals surface area contributed by atoms with Gasteiger partial charge in [0.2, 0.25) is 0 Å². The van der Waals surface area contributed by atoms with Crippen molar-refractivity contribution in [3.63, 3.8) is 0 Å². The average Bonchev–Trinajstić information content (AvgIpc) is 3.47. The number of carbonyl (C=O) groups excluding carboxylic acids is 1. The first kappa shape index (κ1) is 22.2. The Morgan fingerprint density at radius 1 is 0.906 bits per heavy atom. The molecule has 0 aromatic rings. The smallest absolute Gasteiger partial charge is 0.150 e. The monoisotopic (exact) mass is 460 g/mol. The lowest BCUT2D eigenvalue weighted by atomic mass is 9.48. The van der Waals surface area contributed by atoms with Gasteiger partial charge >= 0.3 is 0 Å². The van der Waals surface area contributed by atoms with Gasteiger partial charge in [0.25, 0.3) is 0 Å². The minimum Gasteiger partial charge on any atom is -0.298 e. The number of ketones is 1. The molecule has 0 radical (unpaired) electrons. The van der Waals surface area contributed by atoms with Gasteiger partial charge < -0.3 is 0 Å². The molecule has 1 saturated heterocycles. The molecule has 1 aliphatic heterocycles. The largest absolute Gasteiger partial charge is 0.298 e. The summed E-state index contributed by atoms with van der Waals surface area (Å²) in [6.07, 6.45) is 13.2. The fourth-order valence-electron chi connectivity index (χ4n) is 10.1. The third-order valence-corrected chi connectivity index (χ3v) is 12.5. The number of nitrogens with zero attached hydrogens (tertiary/aromatic N) is 2. The predicted octanol–water partition coefficient (Wildman–Crippen LogP) is 4.23. The fraction of sp³-hybridized carbons (Fsp3) is 0.963. The lowest BCUT2D eigenvalue weighted by Crippen LogP contribution is -2.53. The van der Waals surface area contributed by atoms with E-state index in [9.17, 15) is 9.00 Å². The van der Waals surface area contributed by atoms with Crippen LogP contribution in [0, 0.1) is 58.7 Å². The Hall–Kier alpha value is -0.260. The van der Waals surface area contributed by atoms with E-state index in [1.807, 2.05) is 4.31 Å². The molecule has 0 amide bonds. The second kappa shape index (κ2) is 8.16. The molecule has 5 aliphatic carbocycles. The number of piperazine rings is 1. The van der Waals surface area contributed by atoms with Gasteiger partial charge in [0.15, 0.2) is 5.78 Å². The third-order valence-electron chi connectivity index (χ3n) is 11.4. The van der Waals surface area contributed by atoms with E-state index in [0.717, 1.165) is 67.6 Å². The van der Waals surface area contributed by atoms with Crippen molar-refractivity contribution in [1.82, 2.24) is 9.21 Å². The van der Waals surface area contributed by atoms with Crippen LogP contribution in [0.2, 0.25) is 0 Å². The molecular weight excluding hydrogens is 416 g/mol. The summed E-state index contributed by atoms with van der Waals surface area (Å²) in [7, 11) is -0.881. The second-order valence-electron chi connectivity index (χ2n) is 13.0. The highest BCUT2D eigenvalue weighted by Crippen LogP contribution is 2.74. The van der Waals surface area contributed by atoms with Crippen molar-refractivity contribution in [1.29, 1.82) is 0 Å². The Bertz CT molecular complexity index is 780. The lowest BCUT2D eigenvalue weighted by Gasteiger charge is -2.57. The highest BCUT2D eigenvalue weighted by molar-refractivity contribution is 7.81. The van der Waals surface area contributed by atoms with Gasteiger partial charge in [0, 0.05) is 38.4 Å². The zero-order valence-electron chi connectivity index (χ0n) is 20.5. The molecule has 6 rings (SSSR count). The van der Waals surface area contributed by atoms with Crippen molar-refractivity contribution < 1.29 is 9.00 Å². The van der Waals surface area contributed by atoms with Crippen molar-refractivity contribution in [2.45, 2.75) is 65.2 Å². The van der Waals surface area contributed by atoms with E-state index in [-0.39, 0.29) is 5.41 Å². The van der Waals surface area contributed by atoms with Crippen LogP contribution in [0.3, 0.4) is 0 Å². The number of hydrogen-bond acceptors (Lipinski definition) is 3. The zero-order valence-corrected chi connectivity index (χ0v) is 21.3. The van der Waals surface area contributed by atoms with Crippen molar-refractivity contribution in [2.75, 3.05) is 39.0 Å². The quantitative estimate of drug-likeness (QED) is 0.630. The highest BCUT2D eigenvalue weighted by atomic mass is 32.2. The summed E-state index contributed by atoms with van der Waals surface area (Å²) in [5, 5.41) is 0. The van der Waals surface area contributed by atoms with E-state index in [1.54, 1.807) is 6.26 Å². The Balaban J connectivity index is 1.15. The molecule has 6 aliphatic rings. The molecule has 0 spiro atoms. The zero-order chi connectivity index (χ0) is 22.2. The SMILES string of the molecule is CC1CCC2C(CCC3C2CCC2(C)C(C(=O)CN4CCN(S(C)=O)CC4)C4CC4C32)C1. The van der Waals surface area contributed by atoms with Crippen LogP contribution in [0.25, 0.3) is 0 Å². The van der Waals surface area contributed by atoms with Gasteiger partial charge in [-0.3, -0.25) is 9.69 Å². The first-order chi connectivity index (χ1) is 15.4. The number of fused-ring (bicyclic) bond motifs is 7. The Morgan fingerprint density at radius 3 is 2.41 bits per heavy atom. The summed E-state index contributed by atoms with van der Waals surface area (Å²) in [4.78, 5) is 16.1. The van der Waals surface area contributed by atoms with Crippen LogP contribution < -0.4 is 0 Å². The van der Waals surface area contributed by atoms with Gasteiger partial charge in [-0.2, -0.15) is 0 Å². The van der Waals surface area contributed by atoms with Crippen LogP contribution in [-0.4, -0.2) is 58.2 Å². The average molecular weight is 461 g/mol. The van der Waals surface area contributed by atoms with Crippen LogP contribution >= 0.6 is 0 Å². The Morgan fingerprint density at radius 2 is 1.66 bits per heavy atom. The van der Waals surface area contributed by atoms with Gasteiger partial charge in [-0.25, -0.2) is 8.51 Å². The van der Waals surface area contributed by atoms with E-state index in [2.05, 4.69) is 18.7 Å². The second-order valence-corrected chi connectivity index (χ2v) is 14.3. The molecule has 180 valence electrons. The Kier molecular flexibility index (Phi) is 5.66. The number of carbonyl (C=O) groups is 1. The van der Waals surface area contributed by atoms with Gasteiger partial charge in [-0.1, -0.05) is 20.3 Å². The summed E-state index contributed by atoms with van der Waals surface area (Å²) in [5.41, 5.74) is 0.271. The molecule has 11 atom stereocenters. The number of Topliss-reactive ketones (excluding diaryl/α,β-unsaturated/α-hetero) is 1. The van der Waals surface area contributed by atoms with E-state index in [0.29, 0.717) is 24.2 Å². The summed E-state index contributed by atoms with van der Waals surface area (Å²) in [6.45, 7) is 9.09. The number of rotatable bonds is 4. The standard InChI is InChI=1S/C27H44N2O2S/c1-17-4-6-19-18(14-17)5-7-21-20(19)8-9-27(2)25(21)22-15-23(22)26(27)24(30)16-28-10-12-29(13-11-28)32(3)31/h17-23,25-26H,4-16H2,1-3H3. The summed E-state index contributed by atoms with van der Waals surface area (Å²) in [5.74, 6) is 8.10. The van der Waals surface area contributed by atoms with Crippen molar-refractivity contribution in [3.8, 4) is 0 Å². The molecule has 0 bridgehead atoms. The highest BCUT2D eigenvalue weighted by Gasteiger charge is 2.70. The third kappa shape index (κ3) is 3.50. The fourth-order valence-corrected chi connectivity index (χ4v) is 10.8. The molecule has 0 N–H and O–H groups in total. The van der Waals surface area contributed by atoms with Crippen LogP contribution in [-0.2, 0) is 15.8 Å². The molecule has 0 aromatic carbocycles. The van der Waals surface area contributed by atoms with Crippen LogP contribution in [0.5, 0.6) is 0 Å². The van der Waals surface area contributed by atoms with Crippen LogP contribution in [0.4, 0.5) is 0 Å². The van der Waals surface area contributed by atoms with Crippen molar-refractivity contribution in [3.05, 3.63) is 0 Å². The summed E-state index contributed by atoms with van der Waals surface area (Å²) < 4.78 is 13.8. The molecule has 6 fully saturated rings. The van der Waals surface area contributed by atoms with E-state index in [4.69, 9.17) is 0 Å². The van der Waals surface area contributed by atoms with Gasteiger partial charge in [0.05, 0.1) is 17.5 Å². The topological polar surface area (TPSA) is 40.6 Å². The molecule has 5 heteroatoms. The minimum absolute atomic E-state index is 0.271. The maximum Gasteiger partial charge on any atom is 0.150 e. The Labute approximate surface area is 197 Å². The van der Waals surface area contributed by atoms with Gasteiger partial charge in [-0.15, -0.1) is 0 Å². The van der Waals surface area contributed by atoms with E-state index < -0.39 is 11.0 Å².